The Kier molecular flexibility index (Phi) is 13.1. The maximum absolute atomic E-state index is 14.2. The third kappa shape index (κ3) is 9.60. The molecule has 3 aliphatic rings. The number of unbranched alkanes of at least 4 members (excludes halogenated alkanes) is 1. The van der Waals surface area contributed by atoms with Crippen molar-refractivity contribution in [1.29, 1.82) is 0 Å². The molecule has 278 valence electrons. The minimum Gasteiger partial charge on any atom is -0.380 e. The number of benzene rings is 1. The number of nitrogens with one attached hydrogen (secondary N) is 3. The Labute approximate surface area is 294 Å². The molecule has 0 bridgehead atoms. The van der Waals surface area contributed by atoms with Crippen molar-refractivity contribution in [2.75, 3.05) is 26.2 Å². The van der Waals surface area contributed by atoms with Crippen LogP contribution in [0.1, 0.15) is 89.5 Å². The summed E-state index contributed by atoms with van der Waals surface area (Å²) in [6.07, 6.45) is 7.37. The minimum absolute atomic E-state index is 0.00659. The van der Waals surface area contributed by atoms with Crippen LogP contribution in [0.15, 0.2) is 29.2 Å². The highest BCUT2D eigenvalue weighted by Gasteiger charge is 2.49. The van der Waals surface area contributed by atoms with Crippen LogP contribution in [-0.4, -0.2) is 85.2 Å². The molecule has 4 rings (SSSR count). The molecule has 4 unspecified atom stereocenters. The predicted molar refractivity (Wildman–Crippen MR) is 185 cm³/mol. The van der Waals surface area contributed by atoms with Crippen LogP contribution in [0.4, 0.5) is 0 Å². The number of hydrogen-bond donors (Lipinski definition) is 6. The average Bonchev–Trinajstić information content (AvgIpc) is 3.82. The molecule has 3 fully saturated rings. The highest BCUT2D eigenvalue weighted by atomic mass is 32.2. The Morgan fingerprint density at radius 3 is 2.20 bits per heavy atom. The molecule has 0 radical (unpaired) electrons. The number of carbonyl (C=O) groups excluding carboxylic acids is 5. The molecule has 1 aliphatic heterocycles. The molecule has 4 atom stereocenters. The number of carbonyl (C=O) groups is 5. The molecule has 1 aromatic rings. The van der Waals surface area contributed by atoms with Crippen LogP contribution in [0, 0.1) is 30.1 Å². The van der Waals surface area contributed by atoms with Crippen LogP contribution in [0.2, 0.25) is 0 Å². The van der Waals surface area contributed by atoms with Gasteiger partial charge in [0.15, 0.2) is 0 Å². The van der Waals surface area contributed by atoms with Gasteiger partial charge in [0.2, 0.25) is 29.5 Å². The van der Waals surface area contributed by atoms with E-state index < -0.39 is 63.0 Å². The number of nitrogens with two attached hydrogens (primary N) is 2. The molecule has 0 spiro atoms. The molecule has 1 heterocycles. The fraction of sp³-hybridized carbons (Fsp3) is 0.686. The topological polar surface area (TPSA) is 231 Å². The maximum atomic E-state index is 14.2. The highest BCUT2D eigenvalue weighted by molar-refractivity contribution is 7.89. The Morgan fingerprint density at radius 1 is 0.940 bits per heavy atom. The van der Waals surface area contributed by atoms with Gasteiger partial charge >= 0.3 is 0 Å². The molecule has 0 aromatic heterocycles. The van der Waals surface area contributed by atoms with Crippen LogP contribution in [0.5, 0.6) is 0 Å². The van der Waals surface area contributed by atoms with E-state index in [1.54, 1.807) is 19.1 Å². The van der Waals surface area contributed by atoms with Crippen molar-refractivity contribution in [2.24, 2.45) is 34.6 Å². The second-order valence-corrected chi connectivity index (χ2v) is 16.6. The molecule has 15 heteroatoms. The first-order valence-corrected chi connectivity index (χ1v) is 19.2. The number of amides is 5. The number of primary amides is 2. The van der Waals surface area contributed by atoms with Crippen molar-refractivity contribution < 1.29 is 37.5 Å². The average molecular weight is 719 g/mol. The Morgan fingerprint density at radius 2 is 1.60 bits per heavy atom. The first-order chi connectivity index (χ1) is 23.6. The standard InChI is InChI=1S/C35H54N6O8S/c1-23-10-14-26(15-11-23)50(48,49)41(30(43)19-34(2,32(36)45)22-40-29(42)18-24-8-4-3-5-9-24)28-21-38-20-27(28)31(44)39-17-7-6-16-35(47,33(37)46)25-12-13-25/h10-11,14-15,24-25,27-28,38,47H,3-9,12-13,16-22H2,1-2H3,(H2,36,45)(H2,37,46)(H,39,44)(H,40,42). The first-order valence-electron chi connectivity index (χ1n) is 17.8. The van der Waals surface area contributed by atoms with E-state index >= 15 is 0 Å². The zero-order chi connectivity index (χ0) is 36.7. The fourth-order valence-corrected chi connectivity index (χ4v) is 8.74. The van der Waals surface area contributed by atoms with Gasteiger partial charge in [0.05, 0.1) is 22.3 Å². The highest BCUT2D eigenvalue weighted by Crippen LogP contribution is 2.42. The van der Waals surface area contributed by atoms with Gasteiger partial charge in [-0.1, -0.05) is 37.0 Å². The molecular weight excluding hydrogens is 664 g/mol. The van der Waals surface area contributed by atoms with E-state index in [0.717, 1.165) is 50.5 Å². The van der Waals surface area contributed by atoms with Crippen LogP contribution < -0.4 is 27.4 Å². The Bertz CT molecular complexity index is 1510. The lowest BCUT2D eigenvalue weighted by Crippen LogP contribution is -2.54. The minimum atomic E-state index is -4.52. The van der Waals surface area contributed by atoms with Gasteiger partial charge in [-0.2, -0.15) is 0 Å². The van der Waals surface area contributed by atoms with Crippen molar-refractivity contribution >= 4 is 39.6 Å². The summed E-state index contributed by atoms with van der Waals surface area (Å²) in [4.78, 5) is 64.9. The van der Waals surface area contributed by atoms with E-state index in [-0.39, 0.29) is 55.2 Å². The lowest BCUT2D eigenvalue weighted by atomic mass is 9.84. The fourth-order valence-electron chi connectivity index (χ4n) is 7.12. The second kappa shape index (κ2) is 16.6. The van der Waals surface area contributed by atoms with Crippen LogP contribution in [0.25, 0.3) is 0 Å². The van der Waals surface area contributed by atoms with Crippen molar-refractivity contribution in [1.82, 2.24) is 20.3 Å². The van der Waals surface area contributed by atoms with Crippen LogP contribution in [-0.2, 0) is 34.0 Å². The van der Waals surface area contributed by atoms with Gasteiger partial charge in [-0.25, -0.2) is 12.7 Å². The molecule has 50 heavy (non-hydrogen) atoms. The summed E-state index contributed by atoms with van der Waals surface area (Å²) in [6.45, 7) is 3.24. The summed E-state index contributed by atoms with van der Waals surface area (Å²) in [6, 6.07) is 4.85. The smallest absolute Gasteiger partial charge is 0.266 e. The molecule has 2 aliphatic carbocycles. The van der Waals surface area contributed by atoms with Gasteiger partial charge in [-0.15, -0.1) is 0 Å². The van der Waals surface area contributed by atoms with Crippen molar-refractivity contribution in [3.05, 3.63) is 29.8 Å². The summed E-state index contributed by atoms with van der Waals surface area (Å²) in [5, 5.41) is 19.3. The summed E-state index contributed by atoms with van der Waals surface area (Å²) >= 11 is 0. The third-order valence-electron chi connectivity index (χ3n) is 10.6. The van der Waals surface area contributed by atoms with Gasteiger partial charge in [0, 0.05) is 39.0 Å². The Balaban J connectivity index is 1.48. The number of rotatable bonds is 18. The first kappa shape index (κ1) is 39.2. The number of aliphatic hydroxyl groups is 1. The van der Waals surface area contributed by atoms with Gasteiger partial charge in [-0.05, 0) is 82.8 Å². The Hall–Kier alpha value is -3.56. The summed E-state index contributed by atoms with van der Waals surface area (Å²) in [7, 11) is -4.52. The van der Waals surface area contributed by atoms with Crippen molar-refractivity contribution in [2.45, 2.75) is 107 Å². The molecule has 1 saturated heterocycles. The number of nitrogens with zero attached hydrogens (tertiary/aromatic N) is 1. The molecule has 8 N–H and O–H groups in total. The zero-order valence-electron chi connectivity index (χ0n) is 29.2. The van der Waals surface area contributed by atoms with E-state index in [9.17, 15) is 37.5 Å². The lowest BCUT2D eigenvalue weighted by Gasteiger charge is -2.34. The third-order valence-corrected chi connectivity index (χ3v) is 12.5. The van der Waals surface area contributed by atoms with Gasteiger partial charge in [-0.3, -0.25) is 24.0 Å². The van der Waals surface area contributed by atoms with E-state index in [0.29, 0.717) is 23.6 Å². The molecule has 14 nitrogen and oxygen atoms in total. The molecule has 1 aromatic carbocycles. The molecule has 2 saturated carbocycles. The monoisotopic (exact) mass is 718 g/mol. The van der Waals surface area contributed by atoms with E-state index in [2.05, 4.69) is 16.0 Å². The SMILES string of the molecule is Cc1ccc(S(=O)(=O)N(C(=O)CC(C)(CNC(=O)CC2CCCCC2)C(N)=O)C2CNCC2C(=O)NCCCCC(O)(C(N)=O)C2CC2)cc1. The van der Waals surface area contributed by atoms with E-state index in [1.165, 1.54) is 19.1 Å². The normalized spacial score (nSPS) is 22.1. The number of sulfonamides is 1. The van der Waals surface area contributed by atoms with Crippen molar-refractivity contribution in [3.8, 4) is 0 Å². The van der Waals surface area contributed by atoms with Crippen molar-refractivity contribution in [3.63, 3.8) is 0 Å². The van der Waals surface area contributed by atoms with E-state index in [4.69, 9.17) is 11.5 Å². The van der Waals surface area contributed by atoms with Gasteiger partial charge in [0.1, 0.15) is 5.60 Å². The largest absolute Gasteiger partial charge is 0.380 e. The van der Waals surface area contributed by atoms with Crippen LogP contribution in [0.3, 0.4) is 0 Å². The predicted octanol–water partition coefficient (Wildman–Crippen LogP) is 0.982. The van der Waals surface area contributed by atoms with Gasteiger partial charge in [0.25, 0.3) is 10.0 Å². The van der Waals surface area contributed by atoms with Crippen LogP contribution >= 0.6 is 0 Å². The second-order valence-electron chi connectivity index (χ2n) is 14.7. The van der Waals surface area contributed by atoms with Gasteiger partial charge < -0.3 is 32.5 Å². The summed E-state index contributed by atoms with van der Waals surface area (Å²) < 4.78 is 29.1. The number of hydrogen-bond acceptors (Lipinski definition) is 9. The zero-order valence-corrected chi connectivity index (χ0v) is 30.1. The molecular formula is C35H54N6O8S. The summed E-state index contributed by atoms with van der Waals surface area (Å²) in [5.41, 5.74) is 8.84. The summed E-state index contributed by atoms with van der Waals surface area (Å²) in [5.74, 6) is -4.14. The quantitative estimate of drug-likeness (QED) is 0.119. The van der Waals surface area contributed by atoms with E-state index in [1.807, 2.05) is 0 Å². The molecule has 5 amide bonds. The lowest BCUT2D eigenvalue weighted by molar-refractivity contribution is -0.139. The maximum Gasteiger partial charge on any atom is 0.266 e. The number of aryl methyl sites for hydroxylation is 1.